The van der Waals surface area contributed by atoms with Crippen LogP contribution in [0.1, 0.15) is 12.1 Å². The van der Waals surface area contributed by atoms with Crippen LogP contribution in [0.4, 0.5) is 10.5 Å². The first kappa shape index (κ1) is 12.0. The molecular weight excluding hydrogens is 242 g/mol. The number of aromatic nitrogens is 1. The fourth-order valence-electron chi connectivity index (χ4n) is 2.48. The van der Waals surface area contributed by atoms with Crippen LogP contribution < -0.4 is 5.32 Å². The molecule has 3 N–H and O–H groups in total. The fraction of sp³-hybridized carbons (Fsp3) is 0.357. The average Bonchev–Trinajstić information content (AvgIpc) is 2.93. The Balaban J connectivity index is 1.75. The van der Waals surface area contributed by atoms with E-state index in [1.165, 1.54) is 0 Å². The number of anilines is 1. The highest BCUT2D eigenvalue weighted by molar-refractivity contribution is 5.93. The lowest BCUT2D eigenvalue weighted by atomic mass is 10.2. The van der Waals surface area contributed by atoms with Gasteiger partial charge < -0.3 is 20.3 Å². The van der Waals surface area contributed by atoms with E-state index < -0.39 is 0 Å². The van der Waals surface area contributed by atoms with E-state index >= 15 is 0 Å². The van der Waals surface area contributed by atoms with E-state index in [-0.39, 0.29) is 12.1 Å². The first-order chi connectivity index (χ1) is 9.11. The Morgan fingerprint density at radius 3 is 3.05 bits per heavy atom. The molecule has 5 nitrogen and oxygen atoms in total. The molecule has 2 aromatic rings. The number of nitrogens with zero attached hydrogens (tertiary/aromatic N) is 1. The van der Waals surface area contributed by atoms with Gasteiger partial charge in [-0.3, -0.25) is 0 Å². The second-order valence-electron chi connectivity index (χ2n) is 5.07. The summed E-state index contributed by atoms with van der Waals surface area (Å²) < 4.78 is 0. The lowest BCUT2D eigenvalue weighted by Crippen LogP contribution is -2.33. The van der Waals surface area contributed by atoms with Crippen LogP contribution in [0.15, 0.2) is 24.3 Å². The van der Waals surface area contributed by atoms with Crippen molar-refractivity contribution in [1.29, 1.82) is 0 Å². The molecule has 19 heavy (non-hydrogen) atoms. The Bertz CT molecular complexity index is 620. The molecule has 0 spiro atoms. The van der Waals surface area contributed by atoms with E-state index in [2.05, 4.69) is 10.3 Å². The summed E-state index contributed by atoms with van der Waals surface area (Å²) in [5.74, 6) is 0. The number of hydrogen-bond acceptors (Lipinski definition) is 2. The number of amides is 2. The van der Waals surface area contributed by atoms with Crippen molar-refractivity contribution in [2.24, 2.45) is 0 Å². The van der Waals surface area contributed by atoms with Crippen molar-refractivity contribution in [3.8, 4) is 0 Å². The number of aliphatic hydroxyl groups excluding tert-OH is 1. The second-order valence-corrected chi connectivity index (χ2v) is 5.07. The van der Waals surface area contributed by atoms with Crippen LogP contribution in [0, 0.1) is 6.92 Å². The molecule has 2 heterocycles. The number of carbonyl (C=O) groups excluding carboxylic acids is 1. The number of aliphatic hydroxyl groups is 1. The van der Waals surface area contributed by atoms with E-state index in [1.807, 2.05) is 31.2 Å². The molecular formula is C14H17N3O2. The Kier molecular flexibility index (Phi) is 2.91. The van der Waals surface area contributed by atoms with E-state index in [9.17, 15) is 9.90 Å². The number of hydrogen-bond donors (Lipinski definition) is 3. The van der Waals surface area contributed by atoms with Gasteiger partial charge in [0.25, 0.3) is 0 Å². The van der Waals surface area contributed by atoms with Gasteiger partial charge in [0.1, 0.15) is 0 Å². The zero-order chi connectivity index (χ0) is 13.4. The first-order valence-electron chi connectivity index (χ1n) is 6.45. The predicted molar refractivity (Wildman–Crippen MR) is 74.3 cm³/mol. The lowest BCUT2D eigenvalue weighted by Gasteiger charge is -2.16. The van der Waals surface area contributed by atoms with Crippen molar-refractivity contribution in [2.75, 3.05) is 18.4 Å². The van der Waals surface area contributed by atoms with Crippen molar-refractivity contribution in [3.63, 3.8) is 0 Å². The third-order valence-electron chi connectivity index (χ3n) is 3.46. The maximum atomic E-state index is 12.0. The number of β-amino-alcohol motifs (C(OH)–C–C–N with tert-alkyl or cyclic N) is 1. The number of aromatic amines is 1. The minimum Gasteiger partial charge on any atom is -0.391 e. The number of nitrogens with one attached hydrogen (secondary N) is 2. The minimum atomic E-state index is -0.388. The minimum absolute atomic E-state index is 0.150. The maximum absolute atomic E-state index is 12.0. The molecule has 1 fully saturated rings. The third kappa shape index (κ3) is 2.42. The van der Waals surface area contributed by atoms with Gasteiger partial charge in [-0.2, -0.15) is 0 Å². The molecule has 0 bridgehead atoms. The van der Waals surface area contributed by atoms with Crippen molar-refractivity contribution < 1.29 is 9.90 Å². The zero-order valence-corrected chi connectivity index (χ0v) is 10.8. The molecule has 0 radical (unpaired) electrons. The van der Waals surface area contributed by atoms with Gasteiger partial charge in [-0.25, -0.2) is 4.79 Å². The van der Waals surface area contributed by atoms with Crippen molar-refractivity contribution >= 4 is 22.6 Å². The quantitative estimate of drug-likeness (QED) is 0.734. The maximum Gasteiger partial charge on any atom is 0.321 e. The van der Waals surface area contributed by atoms with Gasteiger partial charge in [-0.15, -0.1) is 0 Å². The molecule has 2 amide bonds. The van der Waals surface area contributed by atoms with E-state index in [4.69, 9.17) is 0 Å². The Morgan fingerprint density at radius 1 is 1.47 bits per heavy atom. The highest BCUT2D eigenvalue weighted by atomic mass is 16.3. The number of H-pyrrole nitrogens is 1. The summed E-state index contributed by atoms with van der Waals surface area (Å²) in [6, 6.07) is 7.68. The molecule has 3 rings (SSSR count). The fourth-order valence-corrected chi connectivity index (χ4v) is 2.48. The first-order valence-corrected chi connectivity index (χ1v) is 6.45. The molecule has 1 aliphatic rings. The highest BCUT2D eigenvalue weighted by Crippen LogP contribution is 2.20. The summed E-state index contributed by atoms with van der Waals surface area (Å²) in [5.41, 5.74) is 2.94. The van der Waals surface area contributed by atoms with Gasteiger partial charge in [-0.05, 0) is 37.6 Å². The summed E-state index contributed by atoms with van der Waals surface area (Å²) in [5, 5.41) is 13.4. The molecule has 0 unspecified atom stereocenters. The van der Waals surface area contributed by atoms with Crippen LogP contribution >= 0.6 is 0 Å². The van der Waals surface area contributed by atoms with Gasteiger partial charge in [0.05, 0.1) is 6.10 Å². The molecule has 1 aromatic carbocycles. The predicted octanol–water partition coefficient (Wildman–Crippen LogP) is 2.07. The summed E-state index contributed by atoms with van der Waals surface area (Å²) in [4.78, 5) is 16.9. The molecule has 5 heteroatoms. The largest absolute Gasteiger partial charge is 0.391 e. The number of likely N-dealkylation sites (tertiary alicyclic amines) is 1. The van der Waals surface area contributed by atoms with Crippen molar-refractivity contribution in [3.05, 3.63) is 30.0 Å². The number of benzene rings is 1. The Labute approximate surface area is 111 Å². The number of rotatable bonds is 1. The monoisotopic (exact) mass is 259 g/mol. The van der Waals surface area contributed by atoms with Crippen molar-refractivity contribution in [1.82, 2.24) is 9.88 Å². The standard InChI is InChI=1S/C14H17N3O2/c1-9-6-10-7-11(2-3-13(10)15-9)16-14(19)17-5-4-12(18)8-17/h2-3,6-7,12,15,18H,4-5,8H2,1H3,(H,16,19)/t12-/m0/s1. The SMILES string of the molecule is Cc1cc2cc(NC(=O)N3CC[C@H](O)C3)ccc2[nH]1. The van der Waals surface area contributed by atoms with Crippen molar-refractivity contribution in [2.45, 2.75) is 19.4 Å². The summed E-state index contributed by atoms with van der Waals surface area (Å²) in [6.07, 6.45) is 0.268. The number of fused-ring (bicyclic) bond motifs is 1. The van der Waals surface area contributed by atoms with E-state index in [0.29, 0.717) is 19.5 Å². The van der Waals surface area contributed by atoms with Gasteiger partial charge >= 0.3 is 6.03 Å². The second kappa shape index (κ2) is 4.59. The number of carbonyl (C=O) groups is 1. The molecule has 0 aliphatic carbocycles. The summed E-state index contributed by atoms with van der Waals surface area (Å²) >= 11 is 0. The Hall–Kier alpha value is -2.01. The van der Waals surface area contributed by atoms with Gasteiger partial charge in [0.2, 0.25) is 0 Å². The molecule has 1 aliphatic heterocycles. The van der Waals surface area contributed by atoms with Crippen LogP contribution in [-0.2, 0) is 0 Å². The molecule has 0 saturated carbocycles. The van der Waals surface area contributed by atoms with Crippen LogP contribution in [0.5, 0.6) is 0 Å². The number of aryl methyl sites for hydroxylation is 1. The summed E-state index contributed by atoms with van der Waals surface area (Å²) in [6.45, 7) is 3.03. The normalized spacial score (nSPS) is 19.1. The molecule has 100 valence electrons. The third-order valence-corrected chi connectivity index (χ3v) is 3.46. The van der Waals surface area contributed by atoms with E-state index in [1.54, 1.807) is 4.90 Å². The van der Waals surface area contributed by atoms with Crippen LogP contribution in [0.2, 0.25) is 0 Å². The molecule has 1 atom stereocenters. The topological polar surface area (TPSA) is 68.4 Å². The lowest BCUT2D eigenvalue weighted by molar-refractivity contribution is 0.176. The Morgan fingerprint density at radius 2 is 2.32 bits per heavy atom. The van der Waals surface area contributed by atoms with Crippen LogP contribution in [0.3, 0.4) is 0 Å². The number of urea groups is 1. The van der Waals surface area contributed by atoms with Gasteiger partial charge in [0.15, 0.2) is 0 Å². The smallest absolute Gasteiger partial charge is 0.321 e. The highest BCUT2D eigenvalue weighted by Gasteiger charge is 2.24. The van der Waals surface area contributed by atoms with Gasteiger partial charge in [0, 0.05) is 35.4 Å². The molecule has 1 aromatic heterocycles. The van der Waals surface area contributed by atoms with Crippen LogP contribution in [-0.4, -0.2) is 40.2 Å². The van der Waals surface area contributed by atoms with Gasteiger partial charge in [-0.1, -0.05) is 0 Å². The van der Waals surface area contributed by atoms with E-state index in [0.717, 1.165) is 22.3 Å². The molecule has 1 saturated heterocycles. The average molecular weight is 259 g/mol. The summed E-state index contributed by atoms with van der Waals surface area (Å²) in [7, 11) is 0. The van der Waals surface area contributed by atoms with Crippen LogP contribution in [0.25, 0.3) is 10.9 Å². The zero-order valence-electron chi connectivity index (χ0n) is 10.8.